The van der Waals surface area contributed by atoms with Gasteiger partial charge in [-0.25, -0.2) is 0 Å². The van der Waals surface area contributed by atoms with Gasteiger partial charge < -0.3 is 0 Å². The average Bonchev–Trinajstić information content (AvgIpc) is 3.70. The number of benzene rings is 4. The van der Waals surface area contributed by atoms with E-state index < -0.39 is 21.5 Å². The molecule has 0 nitrogen and oxygen atoms in total. The Hall–Kier alpha value is -1.96. The van der Waals surface area contributed by atoms with Gasteiger partial charge in [-0.3, -0.25) is 0 Å². The molecule has 6 rings (SSSR count). The van der Waals surface area contributed by atoms with Crippen molar-refractivity contribution < 1.29 is 15.6 Å². The predicted molar refractivity (Wildman–Crippen MR) is 223 cm³/mol. The molecular weight excluding hydrogens is 743 g/mol. The van der Waals surface area contributed by atoms with Crippen molar-refractivity contribution in [2.75, 3.05) is 0 Å². The minimum atomic E-state index is -4.82. The van der Waals surface area contributed by atoms with Crippen molar-refractivity contribution in [2.45, 2.75) is 112 Å². The van der Waals surface area contributed by atoms with E-state index in [1.54, 1.807) is 0 Å². The zero-order valence-electron chi connectivity index (χ0n) is 31.3. The summed E-state index contributed by atoms with van der Waals surface area (Å²) in [5.41, 5.74) is 16.5. The summed E-state index contributed by atoms with van der Waals surface area (Å²) < 4.78 is 0.255. The van der Waals surface area contributed by atoms with Crippen LogP contribution in [0.15, 0.2) is 96.1 Å². The summed E-state index contributed by atoms with van der Waals surface area (Å²) in [7, 11) is 17.5. The first-order valence-corrected chi connectivity index (χ1v) is 35.9. The summed E-state index contributed by atoms with van der Waals surface area (Å²) in [6.45, 7) is 14.1. The van der Waals surface area contributed by atoms with Gasteiger partial charge in [0.25, 0.3) is 0 Å². The zero-order valence-corrected chi connectivity index (χ0v) is 36.4. The van der Waals surface area contributed by atoms with Gasteiger partial charge in [0.1, 0.15) is 0 Å². The molecule has 0 saturated heterocycles. The number of aryl methyl sites for hydroxylation is 2. The van der Waals surface area contributed by atoms with Gasteiger partial charge in [0.05, 0.1) is 0 Å². The van der Waals surface area contributed by atoms with E-state index in [9.17, 15) is 0 Å². The molecule has 0 saturated carbocycles. The van der Waals surface area contributed by atoms with Crippen molar-refractivity contribution in [1.82, 2.24) is 0 Å². The van der Waals surface area contributed by atoms with Crippen LogP contribution in [0.5, 0.6) is 0 Å². The number of hydrogen-bond acceptors (Lipinski definition) is 0. The zero-order chi connectivity index (χ0) is 35.5. The number of hydrogen-bond donors (Lipinski definition) is 0. The quantitative estimate of drug-likeness (QED) is 0.105. The normalized spacial score (nSPS) is 17.7. The van der Waals surface area contributed by atoms with Crippen LogP contribution in [0, 0.1) is 0 Å². The molecule has 0 heterocycles. The second-order valence-corrected chi connectivity index (χ2v) is 57.9. The molecule has 0 aromatic heterocycles. The number of allylic oxidation sites excluding steroid dienone is 2. The van der Waals surface area contributed by atoms with Gasteiger partial charge in [0.2, 0.25) is 0 Å². The number of halogens is 2. The van der Waals surface area contributed by atoms with Gasteiger partial charge >= 0.3 is 315 Å². The molecule has 0 amide bonds. The number of rotatable bonds is 15. The Morgan fingerprint density at radius 1 is 0.520 bits per heavy atom. The Labute approximate surface area is 312 Å². The molecule has 0 bridgehead atoms. The fourth-order valence-electron chi connectivity index (χ4n) is 9.04. The van der Waals surface area contributed by atoms with Gasteiger partial charge in [-0.15, -0.1) is 0 Å². The molecule has 2 unspecified atom stereocenters. The first-order valence-electron chi connectivity index (χ1n) is 19.6. The van der Waals surface area contributed by atoms with Crippen LogP contribution in [0.3, 0.4) is 0 Å². The van der Waals surface area contributed by atoms with Gasteiger partial charge in [-0.2, -0.15) is 0 Å². The van der Waals surface area contributed by atoms with Crippen LogP contribution in [0.25, 0.3) is 34.4 Å². The van der Waals surface area contributed by atoms with E-state index in [0.29, 0.717) is 0 Å². The molecule has 0 fully saturated rings. The third kappa shape index (κ3) is 6.94. The maximum atomic E-state index is 8.75. The molecule has 50 heavy (non-hydrogen) atoms. The first kappa shape index (κ1) is 37.8. The average molecular weight is 800 g/mol. The van der Waals surface area contributed by atoms with E-state index in [4.69, 9.17) is 17.0 Å². The van der Waals surface area contributed by atoms with Crippen LogP contribution in [-0.2, 0) is 28.4 Å². The molecule has 263 valence electrons. The van der Waals surface area contributed by atoms with E-state index in [0.717, 1.165) is 38.5 Å². The van der Waals surface area contributed by atoms with E-state index >= 15 is 0 Å². The molecule has 2 aliphatic carbocycles. The van der Waals surface area contributed by atoms with Crippen LogP contribution in [0.1, 0.15) is 120 Å². The number of fused-ring (bicyclic) bond motifs is 2. The molecule has 0 spiro atoms. The van der Waals surface area contributed by atoms with E-state index in [1.165, 1.54) is 92.5 Å². The van der Waals surface area contributed by atoms with Crippen molar-refractivity contribution in [3.8, 4) is 22.3 Å². The Morgan fingerprint density at radius 2 is 0.920 bits per heavy atom. The molecule has 0 radical (unpaired) electrons. The molecule has 0 N–H and O–H groups in total. The molecule has 2 aliphatic rings. The van der Waals surface area contributed by atoms with Crippen LogP contribution >= 0.6 is 17.0 Å². The Morgan fingerprint density at radius 3 is 1.26 bits per heavy atom. The maximum absolute atomic E-state index is 8.75. The second-order valence-electron chi connectivity index (χ2n) is 15.4. The third-order valence-electron chi connectivity index (χ3n) is 11.8. The van der Waals surface area contributed by atoms with Gasteiger partial charge in [-0.1, -0.05) is 0 Å². The van der Waals surface area contributed by atoms with Crippen molar-refractivity contribution in [1.29, 1.82) is 0 Å². The topological polar surface area (TPSA) is 0 Å². The van der Waals surface area contributed by atoms with Crippen molar-refractivity contribution in [3.05, 3.63) is 129 Å². The van der Waals surface area contributed by atoms with Gasteiger partial charge in [-0.05, 0) is 0 Å². The first-order chi connectivity index (χ1) is 24.2. The molecular formula is C46H57Cl2SiZr. The van der Waals surface area contributed by atoms with Crippen molar-refractivity contribution >= 4 is 35.1 Å². The van der Waals surface area contributed by atoms with Crippen LogP contribution in [0.4, 0.5) is 0 Å². The molecule has 2 atom stereocenters. The predicted octanol–water partition coefficient (Wildman–Crippen LogP) is 14.9. The SMILES string of the molecule is CCCCc1ccc(-c2cccc3c2C=C(CCC)[CH]3[Zr]([Cl])([Cl])([CH]2C(CCC)=Cc3c(-c4ccc(CCCC)cc4)cccc32)[SiH](C)C)cc1. The van der Waals surface area contributed by atoms with Gasteiger partial charge in [0, 0.05) is 0 Å². The van der Waals surface area contributed by atoms with E-state index in [1.807, 2.05) is 0 Å². The van der Waals surface area contributed by atoms with E-state index in [-0.39, 0.29) is 7.25 Å². The van der Waals surface area contributed by atoms with Crippen LogP contribution < -0.4 is 0 Å². The minimum absolute atomic E-state index is 0.128. The summed E-state index contributed by atoms with van der Waals surface area (Å²) >= 11 is -4.82. The molecule has 4 heteroatoms. The fraction of sp³-hybridized carbons (Fsp3) is 0.391. The Balaban J connectivity index is 1.49. The molecule has 4 aromatic rings. The van der Waals surface area contributed by atoms with Crippen molar-refractivity contribution in [3.63, 3.8) is 0 Å². The second kappa shape index (κ2) is 16.0. The summed E-state index contributed by atoms with van der Waals surface area (Å²) in [5, 5.41) is 0. The summed E-state index contributed by atoms with van der Waals surface area (Å²) in [5.74, 6) is -1.62. The number of unbranched alkanes of at least 4 members (excludes halogenated alkanes) is 2. The summed E-state index contributed by atoms with van der Waals surface area (Å²) in [4.78, 5) is 0. The molecule has 0 aliphatic heterocycles. The monoisotopic (exact) mass is 797 g/mol. The fourth-order valence-corrected chi connectivity index (χ4v) is 40.5. The summed E-state index contributed by atoms with van der Waals surface area (Å²) in [6.07, 6.45) is 16.5. The standard InChI is InChI=1S/2C22H25.C2H7Si.2ClH.Zr/c2*1-3-5-8-17-11-13-19(14-12-17)21-10-6-9-20-15-18(7-4-2)16-22(20)21;1-3-2;;;/h2*6,9-16H,3-5,7-8H2,1-2H3;3H,1-2H3;2*1H;/q;;;;;+2/p-2. The Kier molecular flexibility index (Phi) is 12.1. The Bertz CT molecular complexity index is 1730. The van der Waals surface area contributed by atoms with Gasteiger partial charge in [0.15, 0.2) is 0 Å². The molecule has 4 aromatic carbocycles. The van der Waals surface area contributed by atoms with E-state index in [2.05, 4.69) is 138 Å². The van der Waals surface area contributed by atoms with Crippen molar-refractivity contribution in [2.24, 2.45) is 0 Å². The summed E-state index contributed by atoms with van der Waals surface area (Å²) in [6, 6.07) is 32.6. The third-order valence-corrected chi connectivity index (χ3v) is 63.6. The van der Waals surface area contributed by atoms with Crippen LogP contribution in [0.2, 0.25) is 13.1 Å². The van der Waals surface area contributed by atoms with Crippen LogP contribution in [-0.4, -0.2) is 5.92 Å².